The molecule has 3 rings (SSSR count). The first-order valence-electron chi connectivity index (χ1n) is 5.71. The Morgan fingerprint density at radius 1 is 1.25 bits per heavy atom. The second-order valence-electron chi connectivity index (χ2n) is 4.37. The number of rotatable bonds is 1. The normalized spacial score (nSPS) is 19.3. The Hall–Kier alpha value is -1.00. The van der Waals surface area contributed by atoms with E-state index in [0.717, 1.165) is 42.8 Å². The van der Waals surface area contributed by atoms with Gasteiger partial charge in [0.2, 0.25) is 0 Å². The van der Waals surface area contributed by atoms with Crippen molar-refractivity contribution < 1.29 is 0 Å². The molecule has 2 heterocycles. The average Bonchev–Trinajstić information content (AvgIpc) is 2.73. The lowest BCUT2D eigenvalue weighted by molar-refractivity contribution is 0.343. The highest BCUT2D eigenvalue weighted by Gasteiger charge is 2.21. The first kappa shape index (κ1) is 10.2. The van der Waals surface area contributed by atoms with Crippen LogP contribution in [0.4, 0.5) is 0 Å². The van der Waals surface area contributed by atoms with Crippen molar-refractivity contribution in [1.29, 1.82) is 0 Å². The van der Waals surface area contributed by atoms with E-state index in [1.54, 1.807) is 0 Å². The van der Waals surface area contributed by atoms with Gasteiger partial charge in [0.1, 0.15) is 5.82 Å². The minimum Gasteiger partial charge on any atom is -0.342 e. The molecule has 1 aromatic carbocycles. The summed E-state index contributed by atoms with van der Waals surface area (Å²) >= 11 is 4.37. The first-order valence-corrected chi connectivity index (χ1v) is 6.11. The van der Waals surface area contributed by atoms with Crippen LogP contribution in [-0.2, 0) is 0 Å². The van der Waals surface area contributed by atoms with Gasteiger partial charge in [-0.25, -0.2) is 4.98 Å². The highest BCUT2D eigenvalue weighted by molar-refractivity contribution is 7.77. The molecule has 1 aliphatic rings. The molecular formula is C12H15N3S. The van der Waals surface area contributed by atoms with Crippen molar-refractivity contribution in [2.75, 3.05) is 13.1 Å². The lowest BCUT2D eigenvalue weighted by Crippen LogP contribution is -2.25. The number of nitrogens with one attached hydrogen (secondary N) is 1. The number of piperidine rings is 1. The monoisotopic (exact) mass is 233 g/mol. The number of imidazole rings is 1. The summed E-state index contributed by atoms with van der Waals surface area (Å²) < 4.78 is 2.08. The molecule has 0 unspecified atom stereocenters. The van der Waals surface area contributed by atoms with E-state index in [9.17, 15) is 0 Å². The number of hydrogen-bond donors (Lipinski definition) is 2. The average molecular weight is 233 g/mol. The minimum absolute atomic E-state index is 0.566. The Balaban J connectivity index is 1.88. The molecule has 1 aromatic heterocycles. The van der Waals surface area contributed by atoms with E-state index < -0.39 is 0 Å². The van der Waals surface area contributed by atoms with E-state index in [0.29, 0.717) is 5.92 Å². The molecule has 0 aliphatic carbocycles. The fourth-order valence-corrected chi connectivity index (χ4v) is 2.54. The molecule has 84 valence electrons. The number of fused-ring (bicyclic) bond motifs is 1. The maximum absolute atomic E-state index is 4.66. The summed E-state index contributed by atoms with van der Waals surface area (Å²) in [5, 5.41) is 0. The van der Waals surface area contributed by atoms with Crippen LogP contribution in [0.3, 0.4) is 0 Å². The van der Waals surface area contributed by atoms with Crippen molar-refractivity contribution in [2.24, 2.45) is 0 Å². The van der Waals surface area contributed by atoms with Crippen LogP contribution in [0.15, 0.2) is 24.3 Å². The highest BCUT2D eigenvalue weighted by atomic mass is 32.1. The topological polar surface area (TPSA) is 31.9 Å². The Morgan fingerprint density at radius 3 is 2.75 bits per heavy atom. The molecule has 0 spiro atoms. The standard InChI is InChI=1S/C12H15N3S/c16-15-7-5-9(6-8-15)12-13-10-3-1-2-4-11(10)14-12/h1-4,9,16H,5-8H2,(H,13,14). The maximum Gasteiger partial charge on any atom is 0.110 e. The number of hydrogen-bond acceptors (Lipinski definition) is 3. The fraction of sp³-hybridized carbons (Fsp3) is 0.417. The molecule has 0 amide bonds. The van der Waals surface area contributed by atoms with Crippen LogP contribution >= 0.6 is 12.8 Å². The van der Waals surface area contributed by atoms with Gasteiger partial charge in [0.15, 0.2) is 0 Å². The zero-order valence-electron chi connectivity index (χ0n) is 9.06. The Kier molecular flexibility index (Phi) is 2.61. The van der Waals surface area contributed by atoms with Crippen molar-refractivity contribution in [3.63, 3.8) is 0 Å². The van der Waals surface area contributed by atoms with Crippen LogP contribution in [-0.4, -0.2) is 27.4 Å². The van der Waals surface area contributed by atoms with Crippen LogP contribution in [0.2, 0.25) is 0 Å². The van der Waals surface area contributed by atoms with Crippen LogP contribution in [0.5, 0.6) is 0 Å². The molecule has 4 heteroatoms. The molecular weight excluding hydrogens is 218 g/mol. The van der Waals surface area contributed by atoms with Gasteiger partial charge in [-0.05, 0) is 25.0 Å². The van der Waals surface area contributed by atoms with Crippen LogP contribution in [0, 0.1) is 0 Å². The zero-order valence-corrected chi connectivity index (χ0v) is 9.95. The number of H-pyrrole nitrogens is 1. The summed E-state index contributed by atoms with van der Waals surface area (Å²) in [5.74, 6) is 1.71. The van der Waals surface area contributed by atoms with Gasteiger partial charge in [0.25, 0.3) is 0 Å². The Morgan fingerprint density at radius 2 is 2.00 bits per heavy atom. The van der Waals surface area contributed by atoms with Crippen molar-refractivity contribution in [2.45, 2.75) is 18.8 Å². The van der Waals surface area contributed by atoms with Crippen molar-refractivity contribution in [1.82, 2.24) is 14.3 Å². The lowest BCUT2D eigenvalue weighted by Gasteiger charge is -2.26. The summed E-state index contributed by atoms with van der Waals surface area (Å²) in [6.07, 6.45) is 2.28. The van der Waals surface area contributed by atoms with E-state index in [2.05, 4.69) is 39.2 Å². The molecule has 1 fully saturated rings. The summed E-state index contributed by atoms with van der Waals surface area (Å²) in [7, 11) is 0. The number of nitrogens with zero attached hydrogens (tertiary/aromatic N) is 2. The quantitative estimate of drug-likeness (QED) is 0.742. The largest absolute Gasteiger partial charge is 0.342 e. The SMILES string of the molecule is SN1CCC(c2nc3ccccc3[nH]2)CC1. The number of aromatic nitrogens is 2. The Labute approximate surface area is 100 Å². The number of aromatic amines is 1. The molecule has 16 heavy (non-hydrogen) atoms. The summed E-state index contributed by atoms with van der Waals surface area (Å²) in [6, 6.07) is 8.21. The van der Waals surface area contributed by atoms with Crippen molar-refractivity contribution in [3.8, 4) is 0 Å². The van der Waals surface area contributed by atoms with Gasteiger partial charge >= 0.3 is 0 Å². The third-order valence-corrected chi connectivity index (χ3v) is 3.67. The second kappa shape index (κ2) is 4.11. The fourth-order valence-electron chi connectivity index (χ4n) is 2.31. The Bertz CT molecular complexity index is 453. The molecule has 1 saturated heterocycles. The molecule has 2 aromatic rings. The van der Waals surface area contributed by atoms with E-state index >= 15 is 0 Å². The van der Waals surface area contributed by atoms with Crippen molar-refractivity contribution in [3.05, 3.63) is 30.1 Å². The summed E-state index contributed by atoms with van der Waals surface area (Å²) in [5.41, 5.74) is 2.22. The van der Waals surface area contributed by atoms with Gasteiger partial charge < -0.3 is 4.98 Å². The van der Waals surface area contributed by atoms with Gasteiger partial charge in [-0.3, -0.25) is 4.31 Å². The van der Waals surface area contributed by atoms with Gasteiger partial charge in [0, 0.05) is 19.0 Å². The molecule has 0 atom stereocenters. The summed E-state index contributed by atoms with van der Waals surface area (Å²) in [4.78, 5) is 8.09. The van der Waals surface area contributed by atoms with E-state index in [4.69, 9.17) is 0 Å². The molecule has 0 bridgehead atoms. The van der Waals surface area contributed by atoms with Gasteiger partial charge in [-0.1, -0.05) is 24.9 Å². The van der Waals surface area contributed by atoms with Gasteiger partial charge in [-0.2, -0.15) is 0 Å². The third kappa shape index (κ3) is 1.83. The second-order valence-corrected chi connectivity index (χ2v) is 4.93. The molecule has 1 N–H and O–H groups in total. The third-order valence-electron chi connectivity index (χ3n) is 3.27. The number of thiol groups is 1. The highest BCUT2D eigenvalue weighted by Crippen LogP contribution is 2.27. The van der Waals surface area contributed by atoms with Crippen LogP contribution in [0.25, 0.3) is 11.0 Å². The summed E-state index contributed by atoms with van der Waals surface area (Å²) in [6.45, 7) is 2.09. The molecule has 0 saturated carbocycles. The smallest absolute Gasteiger partial charge is 0.110 e. The molecule has 0 radical (unpaired) electrons. The first-order chi connectivity index (χ1) is 7.83. The van der Waals surface area contributed by atoms with Crippen LogP contribution < -0.4 is 0 Å². The van der Waals surface area contributed by atoms with Crippen LogP contribution in [0.1, 0.15) is 24.6 Å². The number of benzene rings is 1. The predicted octanol–water partition coefficient (Wildman–Crippen LogP) is 2.59. The van der Waals surface area contributed by atoms with E-state index in [1.807, 2.05) is 12.1 Å². The van der Waals surface area contributed by atoms with E-state index in [-0.39, 0.29) is 0 Å². The zero-order chi connectivity index (χ0) is 11.0. The van der Waals surface area contributed by atoms with Crippen molar-refractivity contribution >= 4 is 23.8 Å². The molecule has 1 aliphatic heterocycles. The number of para-hydroxylation sites is 2. The molecule has 3 nitrogen and oxygen atoms in total. The van der Waals surface area contributed by atoms with Gasteiger partial charge in [0.05, 0.1) is 11.0 Å². The minimum atomic E-state index is 0.566. The van der Waals surface area contributed by atoms with E-state index in [1.165, 1.54) is 0 Å². The predicted molar refractivity (Wildman–Crippen MR) is 68.6 cm³/mol. The maximum atomic E-state index is 4.66. The lowest BCUT2D eigenvalue weighted by atomic mass is 9.97. The van der Waals surface area contributed by atoms with Gasteiger partial charge in [-0.15, -0.1) is 0 Å².